The summed E-state index contributed by atoms with van der Waals surface area (Å²) in [6, 6.07) is 0.309. The van der Waals surface area contributed by atoms with Gasteiger partial charge in [-0.3, -0.25) is 4.90 Å². The SMILES string of the molecule is CCc1noc(CN2CCC(N)C2)n1. The molecule has 1 aliphatic rings. The van der Waals surface area contributed by atoms with Crippen molar-refractivity contribution < 1.29 is 4.52 Å². The second kappa shape index (κ2) is 4.06. The standard InChI is InChI=1S/C9H16N4O/c1-2-8-11-9(14-12-8)6-13-4-3-7(10)5-13/h7H,2-6,10H2,1H3. The number of likely N-dealkylation sites (tertiary alicyclic amines) is 1. The molecule has 1 aromatic rings. The number of nitrogens with zero attached hydrogens (tertiary/aromatic N) is 3. The van der Waals surface area contributed by atoms with Gasteiger partial charge in [-0.2, -0.15) is 4.98 Å². The van der Waals surface area contributed by atoms with E-state index in [-0.39, 0.29) is 0 Å². The van der Waals surface area contributed by atoms with Crippen molar-refractivity contribution in [2.75, 3.05) is 13.1 Å². The van der Waals surface area contributed by atoms with Gasteiger partial charge in [0.2, 0.25) is 5.89 Å². The van der Waals surface area contributed by atoms with Crippen LogP contribution in [0.5, 0.6) is 0 Å². The Bertz CT molecular complexity index is 299. The van der Waals surface area contributed by atoms with E-state index in [4.69, 9.17) is 10.3 Å². The van der Waals surface area contributed by atoms with E-state index in [1.165, 1.54) is 0 Å². The van der Waals surface area contributed by atoms with Crippen LogP contribution in [-0.4, -0.2) is 34.2 Å². The summed E-state index contributed by atoms with van der Waals surface area (Å²) in [5, 5.41) is 3.85. The van der Waals surface area contributed by atoms with Crippen molar-refractivity contribution in [3.8, 4) is 0 Å². The third-order valence-electron chi connectivity index (χ3n) is 2.49. The van der Waals surface area contributed by atoms with Gasteiger partial charge in [0, 0.05) is 25.6 Å². The minimum atomic E-state index is 0.309. The summed E-state index contributed by atoms with van der Waals surface area (Å²) in [7, 11) is 0. The molecule has 0 saturated carbocycles. The lowest BCUT2D eigenvalue weighted by Crippen LogP contribution is -2.26. The molecule has 1 aliphatic heterocycles. The quantitative estimate of drug-likeness (QED) is 0.746. The first kappa shape index (κ1) is 9.61. The van der Waals surface area contributed by atoms with E-state index in [1.54, 1.807) is 0 Å². The summed E-state index contributed by atoms with van der Waals surface area (Å²) >= 11 is 0. The second-order valence-corrected chi connectivity index (χ2v) is 3.74. The molecule has 2 N–H and O–H groups in total. The van der Waals surface area contributed by atoms with Crippen molar-refractivity contribution in [3.63, 3.8) is 0 Å². The Morgan fingerprint density at radius 2 is 2.50 bits per heavy atom. The van der Waals surface area contributed by atoms with Gasteiger partial charge in [-0.1, -0.05) is 12.1 Å². The zero-order valence-electron chi connectivity index (χ0n) is 8.44. The van der Waals surface area contributed by atoms with E-state index in [0.29, 0.717) is 11.9 Å². The van der Waals surface area contributed by atoms with Crippen LogP contribution in [0.2, 0.25) is 0 Å². The maximum Gasteiger partial charge on any atom is 0.240 e. The van der Waals surface area contributed by atoms with Crippen LogP contribution in [0.15, 0.2) is 4.52 Å². The van der Waals surface area contributed by atoms with Crippen molar-refractivity contribution in [1.82, 2.24) is 15.0 Å². The third-order valence-corrected chi connectivity index (χ3v) is 2.49. The summed E-state index contributed by atoms with van der Waals surface area (Å²) in [4.78, 5) is 6.50. The van der Waals surface area contributed by atoms with E-state index < -0.39 is 0 Å². The Hall–Kier alpha value is -0.940. The number of nitrogens with two attached hydrogens (primary N) is 1. The second-order valence-electron chi connectivity index (χ2n) is 3.74. The van der Waals surface area contributed by atoms with Gasteiger partial charge < -0.3 is 10.3 Å². The predicted molar refractivity (Wildman–Crippen MR) is 51.5 cm³/mol. The fourth-order valence-corrected chi connectivity index (χ4v) is 1.70. The Kier molecular flexibility index (Phi) is 2.79. The van der Waals surface area contributed by atoms with Gasteiger partial charge in [-0.05, 0) is 6.42 Å². The molecular formula is C9H16N4O. The number of rotatable bonds is 3. The molecule has 0 amide bonds. The lowest BCUT2D eigenvalue weighted by molar-refractivity contribution is 0.265. The fraction of sp³-hybridized carbons (Fsp3) is 0.778. The van der Waals surface area contributed by atoms with Gasteiger partial charge in [0.05, 0.1) is 6.54 Å². The monoisotopic (exact) mass is 196 g/mol. The summed E-state index contributed by atoms with van der Waals surface area (Å²) in [6.45, 7) is 4.72. The molecule has 1 saturated heterocycles. The summed E-state index contributed by atoms with van der Waals surface area (Å²) in [6.07, 6.45) is 1.89. The molecule has 0 spiro atoms. The highest BCUT2D eigenvalue weighted by Gasteiger charge is 2.20. The smallest absolute Gasteiger partial charge is 0.240 e. The summed E-state index contributed by atoms with van der Waals surface area (Å²) in [5.74, 6) is 1.49. The van der Waals surface area contributed by atoms with Gasteiger partial charge in [-0.25, -0.2) is 0 Å². The molecule has 2 heterocycles. The van der Waals surface area contributed by atoms with Gasteiger partial charge in [-0.15, -0.1) is 0 Å². The first-order valence-corrected chi connectivity index (χ1v) is 5.07. The lowest BCUT2D eigenvalue weighted by atomic mass is 10.3. The highest BCUT2D eigenvalue weighted by atomic mass is 16.5. The Balaban J connectivity index is 1.90. The van der Waals surface area contributed by atoms with Crippen molar-refractivity contribution >= 4 is 0 Å². The van der Waals surface area contributed by atoms with Crippen LogP contribution in [0.4, 0.5) is 0 Å². The Morgan fingerprint density at radius 3 is 3.07 bits per heavy atom. The van der Waals surface area contributed by atoms with Crippen LogP contribution in [-0.2, 0) is 13.0 Å². The first-order chi connectivity index (χ1) is 6.78. The molecule has 0 aromatic carbocycles. The van der Waals surface area contributed by atoms with Crippen LogP contribution >= 0.6 is 0 Å². The van der Waals surface area contributed by atoms with E-state index >= 15 is 0 Å². The van der Waals surface area contributed by atoms with Crippen LogP contribution < -0.4 is 5.73 Å². The Labute approximate surface area is 83.3 Å². The lowest BCUT2D eigenvalue weighted by Gasteiger charge is -2.10. The van der Waals surface area contributed by atoms with Crippen LogP contribution in [0.3, 0.4) is 0 Å². The molecule has 1 aromatic heterocycles. The molecule has 0 bridgehead atoms. The average Bonchev–Trinajstić information content (AvgIpc) is 2.76. The average molecular weight is 196 g/mol. The maximum atomic E-state index is 5.80. The molecule has 0 aliphatic carbocycles. The molecule has 1 fully saturated rings. The van der Waals surface area contributed by atoms with Gasteiger partial charge in [0.25, 0.3) is 0 Å². The first-order valence-electron chi connectivity index (χ1n) is 5.07. The molecule has 1 unspecified atom stereocenters. The zero-order valence-corrected chi connectivity index (χ0v) is 8.44. The largest absolute Gasteiger partial charge is 0.338 e. The maximum absolute atomic E-state index is 5.80. The molecule has 5 nitrogen and oxygen atoms in total. The molecular weight excluding hydrogens is 180 g/mol. The van der Waals surface area contributed by atoms with Crippen molar-refractivity contribution in [3.05, 3.63) is 11.7 Å². The van der Waals surface area contributed by atoms with Gasteiger partial charge in [0.15, 0.2) is 5.82 Å². The Morgan fingerprint density at radius 1 is 1.64 bits per heavy atom. The normalized spacial score (nSPS) is 23.1. The van der Waals surface area contributed by atoms with Crippen LogP contribution in [0.25, 0.3) is 0 Å². The fourth-order valence-electron chi connectivity index (χ4n) is 1.70. The molecule has 5 heteroatoms. The summed E-state index contributed by atoms with van der Waals surface area (Å²) in [5.41, 5.74) is 5.80. The number of hydrogen-bond donors (Lipinski definition) is 1. The predicted octanol–water partition coefficient (Wildman–Crippen LogP) is 0.165. The molecule has 78 valence electrons. The van der Waals surface area contributed by atoms with Crippen molar-refractivity contribution in [2.45, 2.75) is 32.4 Å². The molecule has 14 heavy (non-hydrogen) atoms. The van der Waals surface area contributed by atoms with Crippen molar-refractivity contribution in [1.29, 1.82) is 0 Å². The highest BCUT2D eigenvalue weighted by molar-refractivity contribution is 4.87. The number of aromatic nitrogens is 2. The minimum Gasteiger partial charge on any atom is -0.338 e. The van der Waals surface area contributed by atoms with E-state index in [2.05, 4.69) is 15.0 Å². The van der Waals surface area contributed by atoms with Gasteiger partial charge >= 0.3 is 0 Å². The minimum absolute atomic E-state index is 0.309. The van der Waals surface area contributed by atoms with E-state index in [0.717, 1.165) is 38.3 Å². The third kappa shape index (κ3) is 2.10. The summed E-state index contributed by atoms with van der Waals surface area (Å²) < 4.78 is 5.11. The number of aryl methyl sites for hydroxylation is 1. The van der Waals surface area contributed by atoms with Crippen LogP contribution in [0, 0.1) is 0 Å². The topological polar surface area (TPSA) is 68.2 Å². The molecule has 0 radical (unpaired) electrons. The van der Waals surface area contributed by atoms with Gasteiger partial charge in [0.1, 0.15) is 0 Å². The highest BCUT2D eigenvalue weighted by Crippen LogP contribution is 2.10. The van der Waals surface area contributed by atoms with Crippen molar-refractivity contribution in [2.24, 2.45) is 5.73 Å². The number of hydrogen-bond acceptors (Lipinski definition) is 5. The van der Waals surface area contributed by atoms with E-state index in [9.17, 15) is 0 Å². The molecule has 2 rings (SSSR count). The molecule has 1 atom stereocenters. The zero-order chi connectivity index (χ0) is 9.97. The van der Waals surface area contributed by atoms with Crippen LogP contribution in [0.1, 0.15) is 25.1 Å². The van der Waals surface area contributed by atoms with E-state index in [1.807, 2.05) is 6.92 Å².